The summed E-state index contributed by atoms with van der Waals surface area (Å²) in [4.78, 5) is 49.2. The number of piperidine rings is 1. The van der Waals surface area contributed by atoms with E-state index in [1.165, 1.54) is 0 Å². The number of amides is 3. The number of hydrogen-bond acceptors (Lipinski definition) is 11. The molecule has 13 nitrogen and oxygen atoms in total. The molecule has 2 saturated heterocycles. The number of rotatable bonds is 17. The SMILES string of the molecule is CCc1nc(C(=O)N2CCOC3(CCN(Cc4ccc(CCOCCC(=O)N(CCNCCc5ccc(O)c6c5OCC(=O)N6)C5CCCC5)c(Cl)c4)CC3)C2)cs1. The fourth-order valence-electron chi connectivity index (χ4n) is 8.60. The van der Waals surface area contributed by atoms with Gasteiger partial charge in [-0.1, -0.05) is 49.6 Å². The maximum absolute atomic E-state index is 13.4. The molecule has 58 heavy (non-hydrogen) atoms. The van der Waals surface area contributed by atoms with Crippen LogP contribution in [0.25, 0.3) is 0 Å². The molecule has 3 aliphatic heterocycles. The van der Waals surface area contributed by atoms with Crippen molar-refractivity contribution in [2.75, 3.05) is 77.6 Å². The standard InChI is InChI=1S/C43H57ClN6O7S/c1-2-38-46-35(28-58-38)42(54)49-21-24-57-43(29-49)14-18-48(19-15-43)26-30-7-8-31(34(44)25-30)12-22-55-23-13-39(53)50(33-5-3-4-6-33)20-17-45-16-11-32-9-10-36(51)40-41(32)56-27-37(52)47-40/h7-10,25,28,33,45,51H,2-6,11-24,26-27,29H2,1H3,(H,47,52). The lowest BCUT2D eigenvalue weighted by Crippen LogP contribution is -2.58. The lowest BCUT2D eigenvalue weighted by molar-refractivity contribution is -0.134. The molecule has 1 aromatic heterocycles. The van der Waals surface area contributed by atoms with Gasteiger partial charge in [0.25, 0.3) is 11.8 Å². The number of carbonyl (C=O) groups excluding carboxylic acids is 3. The van der Waals surface area contributed by atoms with Gasteiger partial charge in [-0.15, -0.1) is 11.3 Å². The van der Waals surface area contributed by atoms with Crippen molar-refractivity contribution in [1.29, 1.82) is 0 Å². The van der Waals surface area contributed by atoms with E-state index in [1.807, 2.05) is 21.2 Å². The average molecular weight is 837 g/mol. The number of halogens is 1. The molecule has 0 radical (unpaired) electrons. The van der Waals surface area contributed by atoms with Gasteiger partial charge in [0, 0.05) is 55.7 Å². The van der Waals surface area contributed by atoms with Gasteiger partial charge in [-0.3, -0.25) is 19.3 Å². The second kappa shape index (κ2) is 20.0. The Hall–Kier alpha value is -3.79. The molecule has 2 aromatic carbocycles. The van der Waals surface area contributed by atoms with Crippen LogP contribution in [-0.4, -0.2) is 126 Å². The van der Waals surface area contributed by atoms with Crippen molar-refractivity contribution >= 4 is 46.3 Å². The lowest BCUT2D eigenvalue weighted by Gasteiger charge is -2.47. The van der Waals surface area contributed by atoms with Crippen LogP contribution in [-0.2, 0) is 44.9 Å². The van der Waals surface area contributed by atoms with Crippen LogP contribution in [0.4, 0.5) is 5.69 Å². The van der Waals surface area contributed by atoms with Crippen LogP contribution in [0.15, 0.2) is 35.7 Å². The van der Waals surface area contributed by atoms with E-state index >= 15 is 0 Å². The minimum absolute atomic E-state index is 0.00974. The summed E-state index contributed by atoms with van der Waals surface area (Å²) in [7, 11) is 0. The predicted octanol–water partition coefficient (Wildman–Crippen LogP) is 5.46. The van der Waals surface area contributed by atoms with Crippen LogP contribution in [0.5, 0.6) is 11.5 Å². The zero-order valence-electron chi connectivity index (χ0n) is 33.6. The van der Waals surface area contributed by atoms with E-state index in [9.17, 15) is 19.5 Å². The number of fused-ring (bicyclic) bond motifs is 1. The van der Waals surface area contributed by atoms with E-state index in [-0.39, 0.29) is 41.7 Å². The summed E-state index contributed by atoms with van der Waals surface area (Å²) in [5.74, 6) is 0.355. The number of nitrogens with zero attached hydrogens (tertiary/aromatic N) is 4. The third-order valence-electron chi connectivity index (χ3n) is 11.9. The monoisotopic (exact) mass is 836 g/mol. The molecule has 314 valence electrons. The number of aryl methyl sites for hydroxylation is 1. The van der Waals surface area contributed by atoms with Crippen molar-refractivity contribution < 1.29 is 33.7 Å². The highest BCUT2D eigenvalue weighted by Crippen LogP contribution is 2.39. The fraction of sp³-hybridized carbons (Fsp3) is 0.581. The highest BCUT2D eigenvalue weighted by Gasteiger charge is 2.41. The zero-order valence-corrected chi connectivity index (χ0v) is 35.1. The molecular weight excluding hydrogens is 780 g/mol. The van der Waals surface area contributed by atoms with Crippen LogP contribution in [0.1, 0.15) is 84.1 Å². The lowest BCUT2D eigenvalue weighted by atomic mass is 9.89. The minimum atomic E-state index is -0.303. The Bertz CT molecular complexity index is 1900. The van der Waals surface area contributed by atoms with Gasteiger partial charge in [0.05, 0.1) is 43.4 Å². The molecule has 1 aliphatic carbocycles. The number of hydrogen-bond donors (Lipinski definition) is 3. The first-order valence-corrected chi connectivity index (χ1v) is 22.2. The van der Waals surface area contributed by atoms with Crippen molar-refractivity contribution in [3.8, 4) is 11.5 Å². The molecular formula is C43H57ClN6O7S. The maximum Gasteiger partial charge on any atom is 0.273 e. The van der Waals surface area contributed by atoms with Gasteiger partial charge in [-0.25, -0.2) is 4.98 Å². The highest BCUT2D eigenvalue weighted by molar-refractivity contribution is 7.09. The van der Waals surface area contributed by atoms with Crippen LogP contribution in [0, 0.1) is 0 Å². The first kappa shape index (κ1) is 42.3. The molecule has 3 fully saturated rings. The molecule has 0 atom stereocenters. The van der Waals surface area contributed by atoms with E-state index < -0.39 is 0 Å². The van der Waals surface area contributed by atoms with Crippen LogP contribution in [0.2, 0.25) is 5.02 Å². The Morgan fingerprint density at radius 1 is 1.10 bits per heavy atom. The average Bonchev–Trinajstić information content (AvgIpc) is 3.95. The number of nitrogens with one attached hydrogen (secondary N) is 2. The minimum Gasteiger partial charge on any atom is -0.506 e. The molecule has 0 bridgehead atoms. The van der Waals surface area contributed by atoms with Gasteiger partial charge in [0.1, 0.15) is 17.1 Å². The highest BCUT2D eigenvalue weighted by atomic mass is 35.5. The van der Waals surface area contributed by atoms with Gasteiger partial charge >= 0.3 is 0 Å². The van der Waals surface area contributed by atoms with E-state index in [0.717, 1.165) is 91.3 Å². The summed E-state index contributed by atoms with van der Waals surface area (Å²) in [5, 5.41) is 19.9. The summed E-state index contributed by atoms with van der Waals surface area (Å²) in [5.41, 5.74) is 3.67. The number of phenolic OH excluding ortho intramolecular Hbond substituents is 1. The summed E-state index contributed by atoms with van der Waals surface area (Å²) in [6.45, 7) is 9.15. The van der Waals surface area contributed by atoms with Gasteiger partial charge in [-0.2, -0.15) is 0 Å². The number of phenols is 1. The molecule has 1 spiro atoms. The van der Waals surface area contributed by atoms with E-state index in [1.54, 1.807) is 17.4 Å². The van der Waals surface area contributed by atoms with Crippen molar-refractivity contribution in [1.82, 2.24) is 25.0 Å². The third-order valence-corrected chi connectivity index (χ3v) is 13.2. The molecule has 4 heterocycles. The van der Waals surface area contributed by atoms with Gasteiger partial charge in [0.15, 0.2) is 12.4 Å². The zero-order chi connectivity index (χ0) is 40.5. The summed E-state index contributed by atoms with van der Waals surface area (Å²) in [6.07, 6.45) is 8.61. The molecule has 3 aromatic rings. The van der Waals surface area contributed by atoms with Crippen molar-refractivity contribution in [3.05, 3.63) is 68.1 Å². The maximum atomic E-state index is 13.4. The largest absolute Gasteiger partial charge is 0.506 e. The molecule has 15 heteroatoms. The molecule has 4 aliphatic rings. The number of carbonyl (C=O) groups is 3. The van der Waals surface area contributed by atoms with Crippen LogP contribution >= 0.6 is 22.9 Å². The number of aromatic hydroxyl groups is 1. The van der Waals surface area contributed by atoms with E-state index in [0.29, 0.717) is 88.9 Å². The van der Waals surface area contributed by atoms with E-state index in [2.05, 4.69) is 45.6 Å². The predicted molar refractivity (Wildman–Crippen MR) is 224 cm³/mol. The number of likely N-dealkylation sites (tertiary alicyclic amines) is 1. The second-order valence-corrected chi connectivity index (χ2v) is 17.2. The Morgan fingerprint density at radius 3 is 2.69 bits per heavy atom. The van der Waals surface area contributed by atoms with Crippen LogP contribution < -0.4 is 15.4 Å². The molecule has 1 saturated carbocycles. The second-order valence-electron chi connectivity index (χ2n) is 15.9. The molecule has 3 amide bonds. The number of anilines is 1. The summed E-state index contributed by atoms with van der Waals surface area (Å²) in [6, 6.07) is 9.94. The summed E-state index contributed by atoms with van der Waals surface area (Å²) < 4.78 is 17.9. The van der Waals surface area contributed by atoms with Crippen molar-refractivity contribution in [2.45, 2.75) is 89.3 Å². The normalized spacial score (nSPS) is 18.2. The van der Waals surface area contributed by atoms with Crippen molar-refractivity contribution in [2.24, 2.45) is 0 Å². The first-order chi connectivity index (χ1) is 28.2. The van der Waals surface area contributed by atoms with Gasteiger partial charge < -0.3 is 39.8 Å². The number of benzene rings is 2. The summed E-state index contributed by atoms with van der Waals surface area (Å²) >= 11 is 8.31. The van der Waals surface area contributed by atoms with Gasteiger partial charge in [-0.05, 0) is 80.3 Å². The molecule has 7 rings (SSSR count). The Morgan fingerprint density at radius 2 is 1.91 bits per heavy atom. The fourth-order valence-corrected chi connectivity index (χ4v) is 9.61. The quantitative estimate of drug-likeness (QED) is 0.119. The number of ether oxygens (including phenoxy) is 3. The third kappa shape index (κ3) is 10.7. The molecule has 3 N–H and O–H groups in total. The number of morpholine rings is 1. The van der Waals surface area contributed by atoms with Gasteiger partial charge in [0.2, 0.25) is 5.91 Å². The van der Waals surface area contributed by atoms with E-state index in [4.69, 9.17) is 25.8 Å². The Labute approximate surface area is 350 Å². The smallest absolute Gasteiger partial charge is 0.273 e. The molecule has 0 unspecified atom stereocenters. The Kier molecular flexibility index (Phi) is 14.6. The topological polar surface area (TPSA) is 146 Å². The van der Waals surface area contributed by atoms with Crippen molar-refractivity contribution in [3.63, 3.8) is 0 Å². The first-order valence-electron chi connectivity index (χ1n) is 20.9. The van der Waals surface area contributed by atoms with Crippen LogP contribution in [0.3, 0.4) is 0 Å². The Balaban J connectivity index is 0.800. The number of thiazole rings is 1. The number of aromatic nitrogens is 1.